The van der Waals surface area contributed by atoms with Crippen LogP contribution in [0.2, 0.25) is 0 Å². The molecule has 0 aromatic heterocycles. The molecule has 0 spiro atoms. The molecule has 2 fully saturated rings. The maximum Gasteiger partial charge on any atom is 0.286 e. The summed E-state index contributed by atoms with van der Waals surface area (Å²) in [6.45, 7) is 2.51. The first-order valence-electron chi connectivity index (χ1n) is 16.2. The molecule has 0 bridgehead atoms. The highest BCUT2D eigenvalue weighted by molar-refractivity contribution is 8.15. The predicted molar refractivity (Wildman–Crippen MR) is 186 cm³/mol. The zero-order chi connectivity index (χ0) is 33.6. The summed E-state index contributed by atoms with van der Waals surface area (Å²) < 4.78 is 23.4. The molecule has 48 heavy (non-hydrogen) atoms. The van der Waals surface area contributed by atoms with Crippen LogP contribution in [0.5, 0.6) is 23.0 Å². The average Bonchev–Trinajstić information content (AvgIpc) is 3.58. The second-order valence-corrected chi connectivity index (χ2v) is 13.8. The Hall–Kier alpha value is -4.16. The number of carbonyl (C=O) groups is 4. The SMILES string of the molecule is O=C1NC(=O)C(Cc2ccc(OCCCCCOc3ccc(OCCCCCOc4ccc(CC5SC(=O)NC5=O)cc4)cc3)cc2)S1. The third kappa shape index (κ3) is 11.5. The molecule has 0 radical (unpaired) electrons. The van der Waals surface area contributed by atoms with Crippen molar-refractivity contribution < 1.29 is 38.1 Å². The van der Waals surface area contributed by atoms with E-state index in [0.717, 1.165) is 96.2 Å². The topological polar surface area (TPSA) is 129 Å². The number of imide groups is 2. The van der Waals surface area contributed by atoms with Crippen molar-refractivity contribution in [1.82, 2.24) is 10.6 Å². The number of thioether (sulfide) groups is 2. The molecule has 10 nitrogen and oxygen atoms in total. The molecule has 0 aliphatic carbocycles. The zero-order valence-electron chi connectivity index (χ0n) is 26.7. The Morgan fingerprint density at radius 1 is 0.438 bits per heavy atom. The molecule has 2 unspecified atom stereocenters. The minimum absolute atomic E-state index is 0.224. The minimum atomic E-state index is -0.360. The third-order valence-corrected chi connectivity index (χ3v) is 9.66. The Bertz CT molecular complexity index is 1400. The summed E-state index contributed by atoms with van der Waals surface area (Å²) in [5, 5.41) is 3.35. The molecule has 3 aromatic carbocycles. The summed E-state index contributed by atoms with van der Waals surface area (Å²) in [5.74, 6) is 2.77. The number of benzene rings is 3. The minimum Gasteiger partial charge on any atom is -0.494 e. The van der Waals surface area contributed by atoms with Gasteiger partial charge in [-0.1, -0.05) is 47.8 Å². The Labute approximate surface area is 289 Å². The summed E-state index contributed by atoms with van der Waals surface area (Å²) in [4.78, 5) is 46.1. The maximum atomic E-state index is 11.7. The Balaban J connectivity index is 0.843. The predicted octanol–water partition coefficient (Wildman–Crippen LogP) is 6.73. The summed E-state index contributed by atoms with van der Waals surface area (Å²) in [5.41, 5.74) is 1.99. The van der Waals surface area contributed by atoms with Gasteiger partial charge in [0.2, 0.25) is 11.8 Å². The van der Waals surface area contributed by atoms with Crippen LogP contribution in [-0.4, -0.2) is 59.2 Å². The van der Waals surface area contributed by atoms with Gasteiger partial charge in [0, 0.05) is 0 Å². The second kappa shape index (κ2) is 18.4. The van der Waals surface area contributed by atoms with Gasteiger partial charge in [-0.05, 0) is 111 Å². The van der Waals surface area contributed by atoms with Crippen LogP contribution in [0, 0.1) is 0 Å². The number of hydrogen-bond donors (Lipinski definition) is 2. The van der Waals surface area contributed by atoms with E-state index in [1.54, 1.807) is 0 Å². The van der Waals surface area contributed by atoms with Gasteiger partial charge < -0.3 is 18.9 Å². The summed E-state index contributed by atoms with van der Waals surface area (Å²) in [7, 11) is 0. The highest BCUT2D eigenvalue weighted by Crippen LogP contribution is 2.25. The monoisotopic (exact) mass is 692 g/mol. The highest BCUT2D eigenvalue weighted by Gasteiger charge is 2.32. The van der Waals surface area contributed by atoms with Crippen molar-refractivity contribution in [1.29, 1.82) is 0 Å². The molecule has 254 valence electrons. The van der Waals surface area contributed by atoms with E-state index < -0.39 is 0 Å². The van der Waals surface area contributed by atoms with Gasteiger partial charge in [0.1, 0.15) is 23.0 Å². The summed E-state index contributed by atoms with van der Waals surface area (Å²) >= 11 is 2.08. The van der Waals surface area contributed by atoms with Crippen molar-refractivity contribution in [3.63, 3.8) is 0 Å². The van der Waals surface area contributed by atoms with Gasteiger partial charge in [-0.15, -0.1) is 0 Å². The summed E-state index contributed by atoms with van der Waals surface area (Å²) in [6.07, 6.45) is 6.72. The molecule has 0 saturated carbocycles. The van der Waals surface area contributed by atoms with Crippen molar-refractivity contribution in [2.45, 2.75) is 61.9 Å². The van der Waals surface area contributed by atoms with E-state index in [9.17, 15) is 19.2 Å². The Morgan fingerprint density at radius 3 is 1.00 bits per heavy atom. The van der Waals surface area contributed by atoms with Crippen LogP contribution >= 0.6 is 23.5 Å². The number of carbonyl (C=O) groups excluding carboxylic acids is 4. The first-order valence-corrected chi connectivity index (χ1v) is 18.0. The van der Waals surface area contributed by atoms with Crippen molar-refractivity contribution in [3.05, 3.63) is 83.9 Å². The van der Waals surface area contributed by atoms with Crippen LogP contribution in [0.4, 0.5) is 9.59 Å². The fourth-order valence-corrected chi connectivity index (χ4v) is 6.80. The first-order chi connectivity index (χ1) is 23.4. The molecule has 2 aliphatic heterocycles. The average molecular weight is 693 g/mol. The smallest absolute Gasteiger partial charge is 0.286 e. The van der Waals surface area contributed by atoms with Gasteiger partial charge >= 0.3 is 0 Å². The van der Waals surface area contributed by atoms with Crippen LogP contribution in [0.3, 0.4) is 0 Å². The van der Waals surface area contributed by atoms with Gasteiger partial charge in [-0.2, -0.15) is 0 Å². The lowest BCUT2D eigenvalue weighted by Gasteiger charge is -2.10. The molecule has 2 aliphatic rings. The Kier molecular flexibility index (Phi) is 13.5. The maximum absolute atomic E-state index is 11.7. The van der Waals surface area contributed by atoms with Gasteiger partial charge in [0.15, 0.2) is 0 Å². The number of nitrogens with one attached hydrogen (secondary N) is 2. The molecule has 2 saturated heterocycles. The molecule has 2 heterocycles. The van der Waals surface area contributed by atoms with Crippen molar-refractivity contribution in [2.24, 2.45) is 0 Å². The quantitative estimate of drug-likeness (QED) is 0.123. The fraction of sp³-hybridized carbons (Fsp3) is 0.389. The third-order valence-electron chi connectivity index (χ3n) is 7.70. The van der Waals surface area contributed by atoms with E-state index in [2.05, 4.69) is 10.6 Å². The van der Waals surface area contributed by atoms with Crippen LogP contribution < -0.4 is 29.6 Å². The van der Waals surface area contributed by atoms with Gasteiger partial charge in [-0.3, -0.25) is 29.8 Å². The van der Waals surface area contributed by atoms with Gasteiger partial charge in [0.05, 0.1) is 36.9 Å². The lowest BCUT2D eigenvalue weighted by Crippen LogP contribution is -2.25. The lowest BCUT2D eigenvalue weighted by atomic mass is 10.1. The molecular formula is C36H40N2O8S2. The Morgan fingerprint density at radius 2 is 0.729 bits per heavy atom. The number of unbranched alkanes of at least 4 members (excludes halogenated alkanes) is 4. The molecule has 2 N–H and O–H groups in total. The largest absolute Gasteiger partial charge is 0.494 e. The van der Waals surface area contributed by atoms with Gasteiger partial charge in [-0.25, -0.2) is 0 Å². The number of rotatable bonds is 20. The van der Waals surface area contributed by atoms with Crippen molar-refractivity contribution >= 4 is 45.8 Å². The molecule has 3 aromatic rings. The lowest BCUT2D eigenvalue weighted by molar-refractivity contribution is -0.119. The molecular weight excluding hydrogens is 653 g/mol. The zero-order valence-corrected chi connectivity index (χ0v) is 28.3. The van der Waals surface area contributed by atoms with Crippen LogP contribution in [0.15, 0.2) is 72.8 Å². The normalized spacial score (nSPS) is 17.2. The number of ether oxygens (including phenoxy) is 4. The molecule has 12 heteroatoms. The van der Waals surface area contributed by atoms with E-state index in [4.69, 9.17) is 18.9 Å². The number of amides is 4. The van der Waals surface area contributed by atoms with Crippen molar-refractivity contribution in [3.8, 4) is 23.0 Å². The standard InChI is InChI=1S/C36H40N2O8S2/c39-33-31(47-35(41)37-33)23-25-7-11-27(12-8-25)43-19-3-1-5-21-45-29-15-17-30(18-16-29)46-22-6-2-4-20-44-28-13-9-26(10-14-28)24-32-34(40)38-36(42)48-32/h7-18,31-32H,1-6,19-24H2,(H,37,39,41)(H,38,40,42). The summed E-state index contributed by atoms with van der Waals surface area (Å²) in [6, 6.07) is 23.1. The van der Waals surface area contributed by atoms with E-state index in [0.29, 0.717) is 39.3 Å². The van der Waals surface area contributed by atoms with E-state index >= 15 is 0 Å². The van der Waals surface area contributed by atoms with Crippen LogP contribution in [0.25, 0.3) is 0 Å². The number of hydrogen-bond acceptors (Lipinski definition) is 10. The van der Waals surface area contributed by atoms with Crippen molar-refractivity contribution in [2.75, 3.05) is 26.4 Å². The fourth-order valence-electron chi connectivity index (χ4n) is 5.08. The van der Waals surface area contributed by atoms with Crippen LogP contribution in [-0.2, 0) is 22.4 Å². The molecule has 2 atom stereocenters. The van der Waals surface area contributed by atoms with Crippen LogP contribution in [0.1, 0.15) is 49.7 Å². The van der Waals surface area contributed by atoms with Gasteiger partial charge in [0.25, 0.3) is 10.5 Å². The van der Waals surface area contributed by atoms with E-state index in [1.807, 2.05) is 72.8 Å². The van der Waals surface area contributed by atoms with E-state index in [-0.39, 0.29) is 32.8 Å². The molecule has 5 rings (SSSR count). The van der Waals surface area contributed by atoms with E-state index in [1.165, 1.54) is 0 Å². The first kappa shape index (κ1) is 35.2. The molecule has 4 amide bonds. The highest BCUT2D eigenvalue weighted by atomic mass is 32.2. The second-order valence-electron chi connectivity index (χ2n) is 11.4.